The van der Waals surface area contributed by atoms with Gasteiger partial charge in [0.15, 0.2) is 0 Å². The zero-order chi connectivity index (χ0) is 11.1. The van der Waals surface area contributed by atoms with Gasteiger partial charge in [-0.15, -0.1) is 0 Å². The van der Waals surface area contributed by atoms with Gasteiger partial charge >= 0.3 is 0 Å². The largest absolute Gasteiger partial charge is 0.622 e. The van der Waals surface area contributed by atoms with Gasteiger partial charge in [-0.1, -0.05) is 0 Å². The maximum absolute atomic E-state index is 12.0. The molecule has 14 heavy (non-hydrogen) atoms. The summed E-state index contributed by atoms with van der Waals surface area (Å²) in [5.41, 5.74) is 0.0611. The minimum absolute atomic E-state index is 0.235. The molecule has 82 valence electrons. The number of hydrogen-bond donors (Lipinski definition) is 0. The summed E-state index contributed by atoms with van der Waals surface area (Å²) < 4.78 is 6.13. The fourth-order valence-electron chi connectivity index (χ4n) is 1.96. The molecule has 0 aromatic rings. The van der Waals surface area contributed by atoms with Crippen molar-refractivity contribution in [1.29, 1.82) is 0 Å². The summed E-state index contributed by atoms with van der Waals surface area (Å²) in [4.78, 5) is 2.07. The van der Waals surface area contributed by atoms with Crippen molar-refractivity contribution in [3.8, 4) is 0 Å². The summed E-state index contributed by atoms with van der Waals surface area (Å²) in [6.07, 6.45) is 0. The molecule has 0 N–H and O–H groups in total. The zero-order valence-corrected chi connectivity index (χ0v) is 9.92. The van der Waals surface area contributed by atoms with E-state index in [1.165, 1.54) is 0 Å². The summed E-state index contributed by atoms with van der Waals surface area (Å²) in [6, 6.07) is 0. The highest BCUT2D eigenvalue weighted by Crippen LogP contribution is 2.32. The van der Waals surface area contributed by atoms with Crippen LogP contribution in [0.25, 0.3) is 0 Å². The lowest BCUT2D eigenvalue weighted by Gasteiger charge is -2.32. The van der Waals surface area contributed by atoms with Crippen molar-refractivity contribution in [2.24, 2.45) is 0 Å². The van der Waals surface area contributed by atoms with Crippen LogP contribution in [-0.2, 0) is 4.74 Å². The Kier molecular flexibility index (Phi) is 2.63. The summed E-state index contributed by atoms with van der Waals surface area (Å²) in [7, 11) is 3.58. The van der Waals surface area contributed by atoms with Crippen LogP contribution < -0.4 is 0 Å². The number of methoxy groups -OCH3 is 1. The molecule has 0 atom stereocenters. The molecule has 1 rings (SSSR count). The Bertz CT molecular complexity index is 269. The van der Waals surface area contributed by atoms with E-state index in [0.29, 0.717) is 6.61 Å². The van der Waals surface area contributed by atoms with Gasteiger partial charge in [0.25, 0.3) is 0 Å². The molecule has 0 fully saturated rings. The van der Waals surface area contributed by atoms with E-state index in [4.69, 9.17) is 4.74 Å². The second kappa shape index (κ2) is 3.21. The molecule has 1 aliphatic rings. The molecule has 0 unspecified atom stereocenters. The second-order valence-electron chi connectivity index (χ2n) is 4.79. The van der Waals surface area contributed by atoms with Gasteiger partial charge in [-0.25, -0.2) is 4.90 Å². The van der Waals surface area contributed by atoms with Crippen LogP contribution >= 0.6 is 0 Å². The predicted molar refractivity (Wildman–Crippen MR) is 56.4 cm³/mol. The van der Waals surface area contributed by atoms with Crippen LogP contribution in [0.3, 0.4) is 0 Å². The quantitative estimate of drug-likeness (QED) is 0.494. The van der Waals surface area contributed by atoms with Crippen molar-refractivity contribution < 1.29 is 9.48 Å². The molecule has 1 heterocycles. The van der Waals surface area contributed by atoms with E-state index in [9.17, 15) is 5.21 Å². The van der Waals surface area contributed by atoms with Crippen LogP contribution in [0.2, 0.25) is 0 Å². The molecule has 1 aliphatic heterocycles. The summed E-state index contributed by atoms with van der Waals surface area (Å²) >= 11 is 0. The monoisotopic (exact) mass is 200 g/mol. The lowest BCUT2D eigenvalue weighted by Crippen LogP contribution is -2.51. The Labute approximate surface area is 85.7 Å². The number of hydrogen-bond acceptors (Lipinski definition) is 3. The molecule has 0 aromatic heterocycles. The van der Waals surface area contributed by atoms with Crippen molar-refractivity contribution in [3.63, 3.8) is 0 Å². The molecule has 0 aromatic carbocycles. The molecule has 0 bridgehead atoms. The van der Waals surface area contributed by atoms with Crippen molar-refractivity contribution in [3.05, 3.63) is 5.21 Å². The first kappa shape index (κ1) is 11.5. The van der Waals surface area contributed by atoms with Crippen LogP contribution in [0.1, 0.15) is 27.7 Å². The van der Waals surface area contributed by atoms with Crippen LogP contribution in [0.4, 0.5) is 0 Å². The molecule has 0 saturated heterocycles. The molecule has 0 spiro atoms. The first-order valence-electron chi connectivity index (χ1n) is 4.82. The Morgan fingerprint density at radius 1 is 1.36 bits per heavy atom. The maximum Gasteiger partial charge on any atom is 0.224 e. The van der Waals surface area contributed by atoms with Crippen LogP contribution in [0.15, 0.2) is 0 Å². The van der Waals surface area contributed by atoms with E-state index in [-0.39, 0.29) is 5.54 Å². The summed E-state index contributed by atoms with van der Waals surface area (Å²) in [6.45, 7) is 8.32. The Morgan fingerprint density at radius 2 is 1.86 bits per heavy atom. The summed E-state index contributed by atoms with van der Waals surface area (Å²) in [5.74, 6) is 0. The zero-order valence-electron chi connectivity index (χ0n) is 9.92. The molecular weight excluding hydrogens is 180 g/mol. The standard InChI is InChI=1S/C10H20N2O2/c1-9(2)8(7-14-6)12(13)10(3,4)11(9)5/h7H2,1-6H3. The van der Waals surface area contributed by atoms with Gasteiger partial charge in [-0.2, -0.15) is 4.74 Å². The Morgan fingerprint density at radius 3 is 2.14 bits per heavy atom. The molecule has 0 radical (unpaired) electrons. The van der Waals surface area contributed by atoms with Crippen molar-refractivity contribution in [1.82, 2.24) is 4.90 Å². The van der Waals surface area contributed by atoms with Gasteiger partial charge in [0.1, 0.15) is 12.1 Å². The van der Waals surface area contributed by atoms with Crippen molar-refractivity contribution in [2.45, 2.75) is 38.9 Å². The molecule has 4 nitrogen and oxygen atoms in total. The topological polar surface area (TPSA) is 38.5 Å². The number of hydroxylamine groups is 1. The van der Waals surface area contributed by atoms with Crippen molar-refractivity contribution in [2.75, 3.05) is 20.8 Å². The Hall–Kier alpha value is -0.610. The second-order valence-corrected chi connectivity index (χ2v) is 4.79. The molecule has 4 heteroatoms. The number of nitrogens with zero attached hydrogens (tertiary/aromatic N) is 2. The fourth-order valence-corrected chi connectivity index (χ4v) is 1.96. The van der Waals surface area contributed by atoms with E-state index >= 15 is 0 Å². The highest BCUT2D eigenvalue weighted by molar-refractivity contribution is 5.91. The first-order chi connectivity index (χ1) is 6.26. The van der Waals surface area contributed by atoms with Crippen LogP contribution in [0, 0.1) is 5.21 Å². The third-order valence-electron chi connectivity index (χ3n) is 3.39. The van der Waals surface area contributed by atoms with Gasteiger partial charge in [0.05, 0.1) is 0 Å². The normalized spacial score (nSPS) is 25.9. The van der Waals surface area contributed by atoms with Gasteiger partial charge < -0.3 is 9.94 Å². The number of rotatable bonds is 2. The van der Waals surface area contributed by atoms with Gasteiger partial charge in [0.2, 0.25) is 11.4 Å². The highest BCUT2D eigenvalue weighted by atomic mass is 16.5. The first-order valence-corrected chi connectivity index (χ1v) is 4.82. The maximum atomic E-state index is 12.0. The molecule has 0 saturated carbocycles. The SMILES string of the molecule is COCC1=[N+]([O-])C(C)(C)N(C)C1(C)C. The average molecular weight is 200 g/mol. The molecule has 0 aliphatic carbocycles. The predicted octanol–water partition coefficient (Wildman–Crippen LogP) is 1.04. The lowest BCUT2D eigenvalue weighted by atomic mass is 9.97. The van der Waals surface area contributed by atoms with Gasteiger partial charge in [-0.3, -0.25) is 0 Å². The number of ether oxygens (including phenoxy) is 1. The minimum atomic E-state index is -0.489. The van der Waals surface area contributed by atoms with E-state index in [1.807, 2.05) is 34.7 Å². The summed E-state index contributed by atoms with van der Waals surface area (Å²) in [5, 5.41) is 12.0. The van der Waals surface area contributed by atoms with E-state index < -0.39 is 5.66 Å². The third kappa shape index (κ3) is 1.33. The van der Waals surface area contributed by atoms with Crippen LogP contribution in [0.5, 0.6) is 0 Å². The van der Waals surface area contributed by atoms with Gasteiger partial charge in [0, 0.05) is 21.0 Å². The molecule has 0 amide bonds. The average Bonchev–Trinajstić information content (AvgIpc) is 2.19. The van der Waals surface area contributed by atoms with Crippen molar-refractivity contribution >= 4 is 5.71 Å². The van der Waals surface area contributed by atoms with E-state index in [1.54, 1.807) is 7.11 Å². The van der Waals surface area contributed by atoms with E-state index in [0.717, 1.165) is 10.5 Å². The highest BCUT2D eigenvalue weighted by Gasteiger charge is 2.53. The fraction of sp³-hybridized carbons (Fsp3) is 0.900. The minimum Gasteiger partial charge on any atom is -0.622 e. The van der Waals surface area contributed by atoms with Gasteiger partial charge in [-0.05, 0) is 20.9 Å². The Balaban J connectivity index is 3.16. The molecular formula is C10H20N2O2. The lowest BCUT2D eigenvalue weighted by molar-refractivity contribution is -0.557. The van der Waals surface area contributed by atoms with Crippen LogP contribution in [-0.4, -0.2) is 47.3 Å². The smallest absolute Gasteiger partial charge is 0.224 e. The van der Waals surface area contributed by atoms with E-state index in [2.05, 4.69) is 4.90 Å². The third-order valence-corrected chi connectivity index (χ3v) is 3.39.